The van der Waals surface area contributed by atoms with Gasteiger partial charge in [-0.05, 0) is 12.8 Å². The van der Waals surface area contributed by atoms with Gasteiger partial charge >= 0.3 is 0 Å². The minimum atomic E-state index is 0.420. The van der Waals surface area contributed by atoms with E-state index in [1.54, 1.807) is 0 Å². The van der Waals surface area contributed by atoms with Gasteiger partial charge in [0.25, 0.3) is 9.76 Å². The first-order valence-electron chi connectivity index (χ1n) is 4.24. The van der Waals surface area contributed by atoms with Crippen LogP contribution in [0.25, 0.3) is 0 Å². The van der Waals surface area contributed by atoms with Crippen molar-refractivity contribution in [1.82, 2.24) is 0 Å². The summed E-state index contributed by atoms with van der Waals surface area (Å²) in [6, 6.07) is 0. The predicted molar refractivity (Wildman–Crippen MR) is 52.2 cm³/mol. The van der Waals surface area contributed by atoms with E-state index >= 15 is 0 Å². The maximum Gasteiger partial charge on any atom is 0.263 e. The summed E-state index contributed by atoms with van der Waals surface area (Å²) >= 11 is 0. The number of rotatable bonds is 7. The highest BCUT2D eigenvalue weighted by Crippen LogP contribution is 1.92. The summed E-state index contributed by atoms with van der Waals surface area (Å²) in [4.78, 5) is 0. The second kappa shape index (κ2) is 7.52. The van der Waals surface area contributed by atoms with Crippen LogP contribution in [0.15, 0.2) is 11.8 Å². The molecule has 12 heavy (non-hydrogen) atoms. The zero-order chi connectivity index (χ0) is 9.40. The van der Waals surface area contributed by atoms with Crippen molar-refractivity contribution in [2.45, 2.75) is 20.8 Å². The van der Waals surface area contributed by atoms with Gasteiger partial charge in [0.05, 0.1) is 13.2 Å². The van der Waals surface area contributed by atoms with Crippen molar-refractivity contribution in [1.29, 1.82) is 0 Å². The topological polar surface area (TPSA) is 18.5 Å². The third-order valence-electron chi connectivity index (χ3n) is 1.03. The standard InChI is InChI=1S/C9H18O2Si/c1-8(2)7-10-5-6-11-12-9(3)4/h8H,3,5-7H2,1-2,4H3. The number of ether oxygens (including phenoxy) is 1. The zero-order valence-corrected chi connectivity index (χ0v) is 9.22. The minimum Gasteiger partial charge on any atom is -0.409 e. The lowest BCUT2D eigenvalue weighted by Gasteiger charge is -2.06. The minimum absolute atomic E-state index is 0.420. The van der Waals surface area contributed by atoms with Gasteiger partial charge in [-0.1, -0.05) is 19.0 Å². The van der Waals surface area contributed by atoms with Crippen LogP contribution in [-0.4, -0.2) is 29.6 Å². The van der Waals surface area contributed by atoms with Crippen molar-refractivity contribution in [2.75, 3.05) is 19.8 Å². The predicted octanol–water partition coefficient (Wildman–Crippen LogP) is 1.83. The molecule has 0 aliphatic carbocycles. The molecule has 0 aliphatic heterocycles. The van der Waals surface area contributed by atoms with Crippen LogP contribution in [0.2, 0.25) is 0 Å². The van der Waals surface area contributed by atoms with Crippen LogP contribution in [0.5, 0.6) is 0 Å². The van der Waals surface area contributed by atoms with Crippen LogP contribution in [0.1, 0.15) is 20.8 Å². The molecule has 0 saturated carbocycles. The third kappa shape index (κ3) is 9.88. The molecular formula is C9H18O2Si. The fraction of sp³-hybridized carbons (Fsp3) is 0.778. The van der Waals surface area contributed by atoms with Gasteiger partial charge in [0, 0.05) is 6.61 Å². The van der Waals surface area contributed by atoms with E-state index in [-0.39, 0.29) is 0 Å². The molecule has 0 aliphatic rings. The van der Waals surface area contributed by atoms with Crippen LogP contribution in [0, 0.1) is 5.92 Å². The van der Waals surface area contributed by atoms with Gasteiger partial charge in [-0.15, -0.1) is 6.58 Å². The van der Waals surface area contributed by atoms with Crippen LogP contribution < -0.4 is 0 Å². The van der Waals surface area contributed by atoms with Crippen molar-refractivity contribution < 1.29 is 9.16 Å². The Kier molecular flexibility index (Phi) is 7.44. The highest BCUT2D eigenvalue weighted by atomic mass is 28.2. The molecule has 0 N–H and O–H groups in total. The molecule has 3 heteroatoms. The highest BCUT2D eigenvalue weighted by molar-refractivity contribution is 6.37. The van der Waals surface area contributed by atoms with Crippen LogP contribution in [0.3, 0.4) is 0 Å². The molecule has 0 aromatic carbocycles. The van der Waals surface area contributed by atoms with E-state index in [9.17, 15) is 0 Å². The summed E-state index contributed by atoms with van der Waals surface area (Å²) in [5, 5.41) is 1.08. The maximum atomic E-state index is 5.33. The summed E-state index contributed by atoms with van der Waals surface area (Å²) < 4.78 is 10.6. The van der Waals surface area contributed by atoms with E-state index < -0.39 is 0 Å². The SMILES string of the molecule is C=C(C)[Si]OCCOCC(C)C. The second-order valence-corrected chi connectivity index (χ2v) is 4.55. The molecule has 0 heterocycles. The fourth-order valence-electron chi connectivity index (χ4n) is 0.594. The number of hydrogen-bond donors (Lipinski definition) is 0. The van der Waals surface area contributed by atoms with Crippen molar-refractivity contribution in [3.05, 3.63) is 11.8 Å². The zero-order valence-electron chi connectivity index (χ0n) is 8.22. The quantitative estimate of drug-likeness (QED) is 0.446. The van der Waals surface area contributed by atoms with E-state index in [2.05, 4.69) is 20.4 Å². The molecule has 0 fully saturated rings. The second-order valence-electron chi connectivity index (χ2n) is 3.20. The normalized spacial score (nSPS) is 10.7. The average Bonchev–Trinajstić information content (AvgIpc) is 1.95. The third-order valence-corrected chi connectivity index (χ3v) is 1.72. The fourth-order valence-corrected chi connectivity index (χ4v) is 1.03. The monoisotopic (exact) mass is 186 g/mol. The Morgan fingerprint density at radius 1 is 1.42 bits per heavy atom. The van der Waals surface area contributed by atoms with Gasteiger partial charge < -0.3 is 9.16 Å². The van der Waals surface area contributed by atoms with E-state index in [4.69, 9.17) is 9.16 Å². The van der Waals surface area contributed by atoms with Gasteiger partial charge in [0.2, 0.25) is 0 Å². The van der Waals surface area contributed by atoms with E-state index in [1.807, 2.05) is 6.92 Å². The smallest absolute Gasteiger partial charge is 0.263 e. The molecule has 2 radical (unpaired) electrons. The molecule has 0 amide bonds. The average molecular weight is 186 g/mol. The first kappa shape index (κ1) is 11.9. The van der Waals surface area contributed by atoms with Crippen molar-refractivity contribution >= 4 is 9.76 Å². The van der Waals surface area contributed by atoms with Gasteiger partial charge in [0.1, 0.15) is 0 Å². The van der Waals surface area contributed by atoms with Gasteiger partial charge in [-0.25, -0.2) is 0 Å². The Hall–Kier alpha value is -0.123. The Balaban J connectivity index is 2.96. The molecule has 0 aromatic heterocycles. The summed E-state index contributed by atoms with van der Waals surface area (Å²) in [6.45, 7) is 12.2. The maximum absolute atomic E-state index is 5.33. The van der Waals surface area contributed by atoms with Gasteiger partial charge in [-0.2, -0.15) is 0 Å². The molecule has 0 bridgehead atoms. The largest absolute Gasteiger partial charge is 0.409 e. The first-order valence-corrected chi connectivity index (χ1v) is 5.14. The molecule has 2 nitrogen and oxygen atoms in total. The summed E-state index contributed by atoms with van der Waals surface area (Å²) in [5.74, 6) is 0.605. The summed E-state index contributed by atoms with van der Waals surface area (Å²) in [7, 11) is 0.420. The van der Waals surface area contributed by atoms with E-state index in [1.165, 1.54) is 0 Å². The van der Waals surface area contributed by atoms with Crippen molar-refractivity contribution in [3.8, 4) is 0 Å². The number of allylic oxidation sites excluding steroid dienone is 1. The van der Waals surface area contributed by atoms with Gasteiger partial charge in [0.15, 0.2) is 0 Å². The molecule has 0 saturated heterocycles. The van der Waals surface area contributed by atoms with E-state index in [0.29, 0.717) is 28.9 Å². The molecule has 0 rings (SSSR count). The Bertz CT molecular complexity index is 124. The van der Waals surface area contributed by atoms with Crippen molar-refractivity contribution in [2.24, 2.45) is 5.92 Å². The Morgan fingerprint density at radius 3 is 2.58 bits per heavy atom. The highest BCUT2D eigenvalue weighted by Gasteiger charge is 1.94. The van der Waals surface area contributed by atoms with Crippen molar-refractivity contribution in [3.63, 3.8) is 0 Å². The van der Waals surface area contributed by atoms with Crippen LogP contribution >= 0.6 is 0 Å². The molecule has 0 unspecified atom stereocenters. The summed E-state index contributed by atoms with van der Waals surface area (Å²) in [5.41, 5.74) is 0. The molecule has 0 spiro atoms. The Morgan fingerprint density at radius 2 is 2.08 bits per heavy atom. The lowest BCUT2D eigenvalue weighted by molar-refractivity contribution is 0.0833. The molecule has 70 valence electrons. The first-order chi connectivity index (χ1) is 5.63. The van der Waals surface area contributed by atoms with Gasteiger partial charge in [-0.3, -0.25) is 0 Å². The molecular weight excluding hydrogens is 168 g/mol. The van der Waals surface area contributed by atoms with E-state index in [0.717, 1.165) is 11.8 Å². The Labute approximate surface area is 77.9 Å². The number of hydrogen-bond acceptors (Lipinski definition) is 2. The molecule has 0 atom stereocenters. The molecule has 0 aromatic rings. The summed E-state index contributed by atoms with van der Waals surface area (Å²) in [6.07, 6.45) is 0. The van der Waals surface area contributed by atoms with Crippen LogP contribution in [-0.2, 0) is 9.16 Å². The lowest BCUT2D eigenvalue weighted by atomic mass is 10.2. The van der Waals surface area contributed by atoms with Crippen LogP contribution in [0.4, 0.5) is 0 Å². The lowest BCUT2D eigenvalue weighted by Crippen LogP contribution is -2.10.